The highest BCUT2D eigenvalue weighted by atomic mass is 16.5. The van der Waals surface area contributed by atoms with Crippen LogP contribution < -0.4 is 9.47 Å². The van der Waals surface area contributed by atoms with E-state index in [1.54, 1.807) is 14.0 Å². The van der Waals surface area contributed by atoms with E-state index in [-0.39, 0.29) is 17.8 Å². The first-order valence-corrected chi connectivity index (χ1v) is 6.06. The first-order chi connectivity index (χ1) is 9.22. The molecule has 4 heteroatoms. The van der Waals surface area contributed by atoms with Gasteiger partial charge in [-0.25, -0.2) is 0 Å². The molecule has 1 aliphatic carbocycles. The van der Waals surface area contributed by atoms with Crippen molar-refractivity contribution in [3.8, 4) is 23.5 Å². The lowest BCUT2D eigenvalue weighted by molar-refractivity contribution is -0.142. The number of rotatable bonds is 4. The van der Waals surface area contributed by atoms with E-state index in [2.05, 4.69) is 12.0 Å². The van der Waals surface area contributed by atoms with Gasteiger partial charge in [-0.3, -0.25) is 4.79 Å². The Bertz CT molecular complexity index is 539. The molecular formula is C15H16O4. The van der Waals surface area contributed by atoms with E-state index in [1.807, 2.05) is 18.2 Å². The molecule has 0 spiro atoms. The maximum Gasteiger partial charge on any atom is 0.309 e. The molecule has 1 saturated carbocycles. The molecule has 1 aromatic rings. The van der Waals surface area contributed by atoms with Crippen LogP contribution in [-0.4, -0.2) is 20.2 Å². The quantitative estimate of drug-likeness (QED) is 0.615. The maximum atomic E-state index is 11.5. The molecule has 0 bridgehead atoms. The predicted octanol–water partition coefficient (Wildman–Crippen LogP) is 2.33. The molecule has 0 N–H and O–H groups in total. The summed E-state index contributed by atoms with van der Waals surface area (Å²) >= 11 is 0. The molecule has 4 nitrogen and oxygen atoms in total. The van der Waals surface area contributed by atoms with Gasteiger partial charge in [0.1, 0.15) is 6.11 Å². The third-order valence-corrected chi connectivity index (χ3v) is 3.18. The topological polar surface area (TPSA) is 44.8 Å². The van der Waals surface area contributed by atoms with Crippen LogP contribution in [-0.2, 0) is 9.53 Å². The first-order valence-electron chi connectivity index (χ1n) is 6.06. The molecule has 0 heterocycles. The molecule has 0 saturated heterocycles. The van der Waals surface area contributed by atoms with Crippen LogP contribution in [0, 0.1) is 17.9 Å². The second-order valence-corrected chi connectivity index (χ2v) is 4.30. The van der Waals surface area contributed by atoms with Crippen molar-refractivity contribution in [2.24, 2.45) is 5.92 Å². The number of carbonyl (C=O) groups excluding carboxylic acids is 1. The molecule has 2 rings (SSSR count). The van der Waals surface area contributed by atoms with Crippen LogP contribution in [0.15, 0.2) is 18.2 Å². The summed E-state index contributed by atoms with van der Waals surface area (Å²) in [5, 5.41) is 0. The van der Waals surface area contributed by atoms with Gasteiger partial charge in [0.05, 0.1) is 20.1 Å². The fourth-order valence-corrected chi connectivity index (χ4v) is 2.15. The molecule has 0 amide bonds. The Hall–Kier alpha value is -2.15. The largest absolute Gasteiger partial charge is 0.493 e. The van der Waals surface area contributed by atoms with Crippen LogP contribution in [0.2, 0.25) is 0 Å². The molecule has 1 fully saturated rings. The van der Waals surface area contributed by atoms with Gasteiger partial charge in [-0.05, 0) is 12.5 Å². The fourth-order valence-electron chi connectivity index (χ4n) is 2.15. The van der Waals surface area contributed by atoms with Gasteiger partial charge >= 0.3 is 5.97 Å². The summed E-state index contributed by atoms with van der Waals surface area (Å²) in [6, 6.07) is 5.63. The Morgan fingerprint density at radius 1 is 1.37 bits per heavy atom. The summed E-state index contributed by atoms with van der Waals surface area (Å²) in [5.41, 5.74) is 0.942. The monoisotopic (exact) mass is 260 g/mol. The van der Waals surface area contributed by atoms with Gasteiger partial charge in [0.2, 0.25) is 0 Å². The summed E-state index contributed by atoms with van der Waals surface area (Å²) in [6.07, 6.45) is 3.35. The molecule has 0 aromatic heterocycles. The van der Waals surface area contributed by atoms with E-state index in [0.717, 1.165) is 12.0 Å². The van der Waals surface area contributed by atoms with Gasteiger partial charge in [-0.1, -0.05) is 18.1 Å². The summed E-state index contributed by atoms with van der Waals surface area (Å²) in [5.74, 6) is 3.75. The molecule has 1 aliphatic rings. The molecule has 1 aromatic carbocycles. The number of hydrogen-bond donors (Lipinski definition) is 0. The number of para-hydroxylation sites is 1. The fraction of sp³-hybridized carbons (Fsp3) is 0.400. The highest BCUT2D eigenvalue weighted by Crippen LogP contribution is 2.52. The average Bonchev–Trinajstić information content (AvgIpc) is 3.24. The van der Waals surface area contributed by atoms with Crippen LogP contribution in [0.1, 0.15) is 24.8 Å². The highest BCUT2D eigenvalue weighted by molar-refractivity contribution is 5.77. The van der Waals surface area contributed by atoms with E-state index in [4.69, 9.17) is 14.2 Å². The number of ether oxygens (including phenoxy) is 3. The second-order valence-electron chi connectivity index (χ2n) is 4.30. The summed E-state index contributed by atoms with van der Waals surface area (Å²) < 4.78 is 15.5. The van der Waals surface area contributed by atoms with Gasteiger partial charge in [0.25, 0.3) is 0 Å². The minimum Gasteiger partial charge on any atom is -0.493 e. The van der Waals surface area contributed by atoms with E-state index >= 15 is 0 Å². The lowest BCUT2D eigenvalue weighted by Crippen LogP contribution is -2.04. The number of esters is 1. The second kappa shape index (κ2) is 5.66. The standard InChI is InChI=1S/C15H16O4/c1-4-8-19-14-10(6-5-7-13(14)17-2)11-9-12(11)15(16)18-3/h5-7,11-12H,9H2,1-3H3. The zero-order chi connectivity index (χ0) is 13.8. The van der Waals surface area contributed by atoms with Crippen LogP contribution in [0.25, 0.3) is 0 Å². The van der Waals surface area contributed by atoms with Crippen molar-refractivity contribution < 1.29 is 19.0 Å². The zero-order valence-electron chi connectivity index (χ0n) is 11.2. The SMILES string of the molecule is CC#COc1c(OC)cccc1C1CC1C(=O)OC. The summed E-state index contributed by atoms with van der Waals surface area (Å²) in [4.78, 5) is 11.5. The highest BCUT2D eigenvalue weighted by Gasteiger charge is 2.46. The summed E-state index contributed by atoms with van der Waals surface area (Å²) in [7, 11) is 2.99. The molecule has 19 heavy (non-hydrogen) atoms. The Labute approximate surface area is 112 Å². The number of benzene rings is 1. The van der Waals surface area contributed by atoms with Crippen molar-refractivity contribution in [3.63, 3.8) is 0 Å². The van der Waals surface area contributed by atoms with E-state index in [9.17, 15) is 4.79 Å². The third kappa shape index (κ3) is 2.65. The molecular weight excluding hydrogens is 244 g/mol. The van der Waals surface area contributed by atoms with Crippen molar-refractivity contribution in [2.75, 3.05) is 14.2 Å². The third-order valence-electron chi connectivity index (χ3n) is 3.18. The normalized spacial score (nSPS) is 19.9. The van der Waals surface area contributed by atoms with Gasteiger partial charge in [0.15, 0.2) is 11.5 Å². The molecule has 0 radical (unpaired) electrons. The molecule has 0 aliphatic heterocycles. The Balaban J connectivity index is 2.29. The Morgan fingerprint density at radius 3 is 2.79 bits per heavy atom. The minimum atomic E-state index is -0.180. The average molecular weight is 260 g/mol. The summed E-state index contributed by atoms with van der Waals surface area (Å²) in [6.45, 7) is 1.70. The van der Waals surface area contributed by atoms with Crippen LogP contribution in [0.4, 0.5) is 0 Å². The van der Waals surface area contributed by atoms with Gasteiger partial charge in [-0.2, -0.15) is 0 Å². The smallest absolute Gasteiger partial charge is 0.309 e. The minimum absolute atomic E-state index is 0.0889. The predicted molar refractivity (Wildman–Crippen MR) is 69.9 cm³/mol. The van der Waals surface area contributed by atoms with E-state index < -0.39 is 0 Å². The lowest BCUT2D eigenvalue weighted by Gasteiger charge is -2.11. The van der Waals surface area contributed by atoms with Gasteiger partial charge < -0.3 is 14.2 Å². The number of methoxy groups -OCH3 is 2. The van der Waals surface area contributed by atoms with Crippen LogP contribution >= 0.6 is 0 Å². The lowest BCUT2D eigenvalue weighted by atomic mass is 10.1. The van der Waals surface area contributed by atoms with Crippen molar-refractivity contribution in [3.05, 3.63) is 23.8 Å². The molecule has 2 unspecified atom stereocenters. The molecule has 2 atom stereocenters. The van der Waals surface area contributed by atoms with E-state index in [0.29, 0.717) is 11.5 Å². The number of hydrogen-bond acceptors (Lipinski definition) is 4. The van der Waals surface area contributed by atoms with Crippen LogP contribution in [0.5, 0.6) is 11.5 Å². The van der Waals surface area contributed by atoms with Gasteiger partial charge in [-0.15, -0.1) is 0 Å². The van der Waals surface area contributed by atoms with Gasteiger partial charge in [0, 0.05) is 18.4 Å². The van der Waals surface area contributed by atoms with Crippen LogP contribution in [0.3, 0.4) is 0 Å². The number of carbonyl (C=O) groups is 1. The van der Waals surface area contributed by atoms with Crippen molar-refractivity contribution in [2.45, 2.75) is 19.3 Å². The van der Waals surface area contributed by atoms with E-state index in [1.165, 1.54) is 7.11 Å². The first kappa shape index (κ1) is 13.3. The molecule has 100 valence electrons. The Kier molecular flexibility index (Phi) is 3.96. The van der Waals surface area contributed by atoms with Crippen molar-refractivity contribution in [1.82, 2.24) is 0 Å². The zero-order valence-corrected chi connectivity index (χ0v) is 11.2. The maximum absolute atomic E-state index is 11.5. The van der Waals surface area contributed by atoms with Crippen molar-refractivity contribution >= 4 is 5.97 Å². The Morgan fingerprint density at radius 2 is 2.16 bits per heavy atom. The van der Waals surface area contributed by atoms with Crippen molar-refractivity contribution in [1.29, 1.82) is 0 Å².